The van der Waals surface area contributed by atoms with Gasteiger partial charge in [0.2, 0.25) is 0 Å². The normalized spacial score (nSPS) is 10.2. The predicted molar refractivity (Wildman–Crippen MR) is 91.0 cm³/mol. The Labute approximate surface area is 132 Å². The number of aryl methyl sites for hydroxylation is 1. The van der Waals surface area contributed by atoms with Gasteiger partial charge in [-0.15, -0.1) is 11.3 Å². The second kappa shape index (κ2) is 6.41. The van der Waals surface area contributed by atoms with Crippen molar-refractivity contribution in [3.63, 3.8) is 0 Å². The molecule has 1 heterocycles. The van der Waals surface area contributed by atoms with Gasteiger partial charge in [0.1, 0.15) is 5.69 Å². The number of carbonyl (C=O) groups is 1. The van der Waals surface area contributed by atoms with Gasteiger partial charge in [-0.2, -0.15) is 0 Å². The maximum Gasteiger partial charge on any atom is 0.275 e. The van der Waals surface area contributed by atoms with Gasteiger partial charge < -0.3 is 10.6 Å². The van der Waals surface area contributed by atoms with E-state index < -0.39 is 0 Å². The molecule has 0 aliphatic carbocycles. The number of hydrogen-bond acceptors (Lipinski definition) is 4. The number of amides is 1. The smallest absolute Gasteiger partial charge is 0.275 e. The van der Waals surface area contributed by atoms with Crippen LogP contribution in [0, 0.1) is 6.92 Å². The van der Waals surface area contributed by atoms with Crippen LogP contribution in [0.15, 0.2) is 60.0 Å². The molecule has 110 valence electrons. The van der Waals surface area contributed by atoms with Crippen molar-refractivity contribution in [2.24, 2.45) is 0 Å². The summed E-state index contributed by atoms with van der Waals surface area (Å²) in [6, 6.07) is 17.4. The first-order valence-electron chi connectivity index (χ1n) is 6.87. The summed E-state index contributed by atoms with van der Waals surface area (Å²) >= 11 is 1.40. The molecule has 0 unspecified atom stereocenters. The van der Waals surface area contributed by atoms with E-state index in [1.807, 2.05) is 61.5 Å². The second-order valence-corrected chi connectivity index (χ2v) is 5.66. The van der Waals surface area contributed by atoms with Gasteiger partial charge in [-0.3, -0.25) is 4.79 Å². The van der Waals surface area contributed by atoms with Gasteiger partial charge in [-0.1, -0.05) is 36.4 Å². The molecule has 0 fully saturated rings. The van der Waals surface area contributed by atoms with Gasteiger partial charge in [-0.25, -0.2) is 4.98 Å². The predicted octanol–water partition coefficient (Wildman–Crippen LogP) is 4.45. The van der Waals surface area contributed by atoms with E-state index in [1.165, 1.54) is 11.3 Å². The van der Waals surface area contributed by atoms with Crippen LogP contribution in [0.25, 0.3) is 0 Å². The van der Waals surface area contributed by atoms with E-state index in [0.29, 0.717) is 10.8 Å². The highest BCUT2D eigenvalue weighted by Crippen LogP contribution is 2.22. The van der Waals surface area contributed by atoms with Crippen molar-refractivity contribution >= 4 is 33.8 Å². The average molecular weight is 309 g/mol. The molecule has 0 spiro atoms. The lowest BCUT2D eigenvalue weighted by Gasteiger charge is -2.06. The third-order valence-electron chi connectivity index (χ3n) is 3.16. The Morgan fingerprint density at radius 2 is 1.77 bits per heavy atom. The summed E-state index contributed by atoms with van der Waals surface area (Å²) < 4.78 is 0. The molecule has 2 aromatic carbocycles. The molecule has 0 radical (unpaired) electrons. The summed E-state index contributed by atoms with van der Waals surface area (Å²) in [6.07, 6.45) is 0. The van der Waals surface area contributed by atoms with Crippen molar-refractivity contribution < 1.29 is 4.79 Å². The summed E-state index contributed by atoms with van der Waals surface area (Å²) in [5, 5.41) is 8.51. The molecule has 0 bridgehead atoms. The first kappa shape index (κ1) is 14.3. The Bertz CT molecular complexity index is 783. The van der Waals surface area contributed by atoms with Crippen molar-refractivity contribution in [3.05, 3.63) is 71.2 Å². The Morgan fingerprint density at radius 3 is 2.55 bits per heavy atom. The number of nitrogens with zero attached hydrogens (tertiary/aromatic N) is 1. The van der Waals surface area contributed by atoms with Crippen molar-refractivity contribution in [1.29, 1.82) is 0 Å². The first-order valence-corrected chi connectivity index (χ1v) is 7.75. The van der Waals surface area contributed by atoms with Gasteiger partial charge in [0.25, 0.3) is 5.91 Å². The molecule has 5 heteroatoms. The topological polar surface area (TPSA) is 54.0 Å². The summed E-state index contributed by atoms with van der Waals surface area (Å²) in [5.74, 6) is -0.202. The van der Waals surface area contributed by atoms with E-state index in [4.69, 9.17) is 0 Å². The van der Waals surface area contributed by atoms with Crippen molar-refractivity contribution in [2.45, 2.75) is 6.92 Å². The van der Waals surface area contributed by atoms with Crippen molar-refractivity contribution in [2.75, 3.05) is 10.6 Å². The number of aromatic nitrogens is 1. The standard InChI is InChI=1S/C17H15N3OS/c1-12-7-5-6-10-14(12)19-16(21)15-11-22-17(20-15)18-13-8-3-2-4-9-13/h2-11H,1H3,(H,18,20)(H,19,21). The molecular weight excluding hydrogens is 294 g/mol. The van der Waals surface area contributed by atoms with Gasteiger partial charge in [-0.05, 0) is 30.7 Å². The molecule has 1 aromatic heterocycles. The highest BCUT2D eigenvalue weighted by molar-refractivity contribution is 7.14. The molecule has 0 aliphatic rings. The zero-order valence-corrected chi connectivity index (χ0v) is 12.9. The fraction of sp³-hybridized carbons (Fsp3) is 0.0588. The number of carbonyl (C=O) groups excluding carboxylic acids is 1. The lowest BCUT2D eigenvalue weighted by atomic mass is 10.2. The zero-order chi connectivity index (χ0) is 15.4. The molecule has 1 amide bonds. The molecular formula is C17H15N3OS. The Kier molecular flexibility index (Phi) is 4.16. The minimum atomic E-state index is -0.202. The molecule has 0 atom stereocenters. The molecule has 0 saturated heterocycles. The van der Waals surface area contributed by atoms with E-state index in [1.54, 1.807) is 5.38 Å². The number of nitrogens with one attached hydrogen (secondary N) is 2. The average Bonchev–Trinajstić information content (AvgIpc) is 2.99. The Morgan fingerprint density at radius 1 is 1.05 bits per heavy atom. The molecule has 0 saturated carbocycles. The quantitative estimate of drug-likeness (QED) is 0.748. The third-order valence-corrected chi connectivity index (χ3v) is 3.91. The highest BCUT2D eigenvalue weighted by Gasteiger charge is 2.12. The van der Waals surface area contributed by atoms with Gasteiger partial charge >= 0.3 is 0 Å². The van der Waals surface area contributed by atoms with E-state index >= 15 is 0 Å². The van der Waals surface area contributed by atoms with Crippen LogP contribution in [-0.2, 0) is 0 Å². The maximum absolute atomic E-state index is 12.2. The largest absolute Gasteiger partial charge is 0.332 e. The van der Waals surface area contributed by atoms with Crippen LogP contribution in [0.5, 0.6) is 0 Å². The summed E-state index contributed by atoms with van der Waals surface area (Å²) in [7, 11) is 0. The monoisotopic (exact) mass is 309 g/mol. The summed E-state index contributed by atoms with van der Waals surface area (Å²) in [4.78, 5) is 16.6. The fourth-order valence-electron chi connectivity index (χ4n) is 1.98. The molecule has 3 aromatic rings. The number of anilines is 3. The van der Waals surface area contributed by atoms with E-state index in [0.717, 1.165) is 16.9 Å². The van der Waals surface area contributed by atoms with Gasteiger partial charge in [0.15, 0.2) is 5.13 Å². The Balaban J connectivity index is 1.71. The van der Waals surface area contributed by atoms with Crippen LogP contribution in [0.2, 0.25) is 0 Å². The zero-order valence-electron chi connectivity index (χ0n) is 12.0. The number of thiazole rings is 1. The van der Waals surface area contributed by atoms with Gasteiger partial charge in [0.05, 0.1) is 0 Å². The molecule has 3 rings (SSSR count). The minimum Gasteiger partial charge on any atom is -0.332 e. The van der Waals surface area contributed by atoms with Gasteiger partial charge in [0, 0.05) is 16.8 Å². The molecule has 22 heavy (non-hydrogen) atoms. The Hall–Kier alpha value is -2.66. The molecule has 4 nitrogen and oxygen atoms in total. The highest BCUT2D eigenvalue weighted by atomic mass is 32.1. The van der Waals surface area contributed by atoms with E-state index in [-0.39, 0.29) is 5.91 Å². The second-order valence-electron chi connectivity index (χ2n) is 4.80. The van der Waals surface area contributed by atoms with Crippen LogP contribution in [0.1, 0.15) is 16.1 Å². The van der Waals surface area contributed by atoms with Crippen LogP contribution < -0.4 is 10.6 Å². The number of hydrogen-bond donors (Lipinski definition) is 2. The third kappa shape index (κ3) is 3.32. The minimum absolute atomic E-state index is 0.202. The van der Waals surface area contributed by atoms with Crippen molar-refractivity contribution in [1.82, 2.24) is 4.98 Å². The number of rotatable bonds is 4. The SMILES string of the molecule is Cc1ccccc1NC(=O)c1csc(Nc2ccccc2)n1. The van der Waals surface area contributed by atoms with Crippen LogP contribution >= 0.6 is 11.3 Å². The fourth-order valence-corrected chi connectivity index (χ4v) is 2.69. The van der Waals surface area contributed by atoms with Crippen LogP contribution in [0.4, 0.5) is 16.5 Å². The number of benzene rings is 2. The maximum atomic E-state index is 12.2. The summed E-state index contributed by atoms with van der Waals surface area (Å²) in [6.45, 7) is 1.96. The molecule has 2 N–H and O–H groups in total. The summed E-state index contributed by atoms with van der Waals surface area (Å²) in [5.41, 5.74) is 3.18. The number of para-hydroxylation sites is 2. The van der Waals surface area contributed by atoms with E-state index in [2.05, 4.69) is 15.6 Å². The molecule has 0 aliphatic heterocycles. The van der Waals surface area contributed by atoms with Crippen LogP contribution in [-0.4, -0.2) is 10.9 Å². The lowest BCUT2D eigenvalue weighted by molar-refractivity contribution is 0.102. The van der Waals surface area contributed by atoms with E-state index in [9.17, 15) is 4.79 Å². The first-order chi connectivity index (χ1) is 10.7. The van der Waals surface area contributed by atoms with Crippen molar-refractivity contribution in [3.8, 4) is 0 Å². The van der Waals surface area contributed by atoms with Crippen LogP contribution in [0.3, 0.4) is 0 Å². The lowest BCUT2D eigenvalue weighted by Crippen LogP contribution is -2.13.